The lowest BCUT2D eigenvalue weighted by molar-refractivity contribution is 0.102. The molecule has 1 amide bonds. The van der Waals surface area contributed by atoms with E-state index in [2.05, 4.69) is 20.2 Å². The minimum absolute atomic E-state index is 0.0374. The van der Waals surface area contributed by atoms with Crippen molar-refractivity contribution in [3.8, 4) is 0 Å². The average molecular weight is 497 g/mol. The standard InChI is InChI=1S/C23H20N4O3S3/c1-16-12-13-18(14-20(16)33(29,30)27-19-10-6-3-7-11-19)21(28)24-22-25-26-23(32-22)31-15-17-8-4-2-5-9-17/h2-14,27H,15H2,1H3,(H,24,25,28). The number of amides is 1. The predicted molar refractivity (Wildman–Crippen MR) is 132 cm³/mol. The Morgan fingerprint density at radius 3 is 2.39 bits per heavy atom. The number of carbonyl (C=O) groups is 1. The molecular weight excluding hydrogens is 476 g/mol. The van der Waals surface area contributed by atoms with Crippen molar-refractivity contribution in [2.45, 2.75) is 21.9 Å². The Hall–Kier alpha value is -3.21. The topological polar surface area (TPSA) is 101 Å². The molecule has 0 saturated carbocycles. The van der Waals surface area contributed by atoms with Crippen LogP contribution in [-0.4, -0.2) is 24.5 Å². The first-order valence-electron chi connectivity index (χ1n) is 9.91. The minimum atomic E-state index is -3.86. The quantitative estimate of drug-likeness (QED) is 0.257. The Labute approximate surface area is 200 Å². The summed E-state index contributed by atoms with van der Waals surface area (Å²) in [6, 6.07) is 23.1. The molecule has 2 N–H and O–H groups in total. The summed E-state index contributed by atoms with van der Waals surface area (Å²) in [7, 11) is -3.86. The van der Waals surface area contributed by atoms with Crippen molar-refractivity contribution in [2.75, 3.05) is 10.0 Å². The lowest BCUT2D eigenvalue weighted by Gasteiger charge is -2.12. The lowest BCUT2D eigenvalue weighted by Crippen LogP contribution is -2.17. The van der Waals surface area contributed by atoms with Gasteiger partial charge in [-0.1, -0.05) is 77.7 Å². The van der Waals surface area contributed by atoms with Gasteiger partial charge in [0.2, 0.25) is 5.13 Å². The van der Waals surface area contributed by atoms with Crippen LogP contribution in [0.1, 0.15) is 21.5 Å². The van der Waals surface area contributed by atoms with Crippen molar-refractivity contribution in [1.82, 2.24) is 10.2 Å². The second-order valence-electron chi connectivity index (χ2n) is 7.05. The molecule has 10 heteroatoms. The van der Waals surface area contributed by atoms with E-state index < -0.39 is 15.9 Å². The zero-order valence-electron chi connectivity index (χ0n) is 17.6. The first-order valence-corrected chi connectivity index (χ1v) is 13.2. The molecule has 0 aliphatic heterocycles. The largest absolute Gasteiger partial charge is 0.296 e. The fourth-order valence-electron chi connectivity index (χ4n) is 2.95. The van der Waals surface area contributed by atoms with Gasteiger partial charge in [-0.3, -0.25) is 14.8 Å². The van der Waals surface area contributed by atoms with E-state index in [0.29, 0.717) is 16.4 Å². The van der Waals surface area contributed by atoms with Crippen LogP contribution in [0.5, 0.6) is 0 Å². The number of aryl methyl sites for hydroxylation is 1. The number of nitrogens with one attached hydrogen (secondary N) is 2. The zero-order chi connectivity index (χ0) is 23.3. The monoisotopic (exact) mass is 496 g/mol. The van der Waals surface area contributed by atoms with Crippen molar-refractivity contribution >= 4 is 49.8 Å². The van der Waals surface area contributed by atoms with Crippen LogP contribution in [0.15, 0.2) is 88.1 Å². The number of nitrogens with zero attached hydrogens (tertiary/aromatic N) is 2. The molecule has 4 rings (SSSR count). The van der Waals surface area contributed by atoms with E-state index in [4.69, 9.17) is 0 Å². The van der Waals surface area contributed by atoms with Gasteiger partial charge >= 0.3 is 0 Å². The molecule has 0 fully saturated rings. The molecule has 0 saturated heterocycles. The summed E-state index contributed by atoms with van der Waals surface area (Å²) in [5.41, 5.74) is 2.36. The fraction of sp³-hybridized carbons (Fsp3) is 0.0870. The molecule has 33 heavy (non-hydrogen) atoms. The van der Waals surface area contributed by atoms with Crippen molar-refractivity contribution in [3.63, 3.8) is 0 Å². The van der Waals surface area contributed by atoms with E-state index in [1.165, 1.54) is 34.7 Å². The van der Waals surface area contributed by atoms with E-state index in [9.17, 15) is 13.2 Å². The molecule has 0 atom stereocenters. The molecule has 0 aliphatic carbocycles. The smallest absolute Gasteiger partial charge is 0.262 e. The van der Waals surface area contributed by atoms with E-state index in [1.54, 1.807) is 49.4 Å². The molecule has 1 heterocycles. The second-order valence-corrected chi connectivity index (χ2v) is 10.9. The van der Waals surface area contributed by atoms with Crippen LogP contribution < -0.4 is 10.0 Å². The summed E-state index contributed by atoms with van der Waals surface area (Å²) < 4.78 is 29.0. The summed E-state index contributed by atoms with van der Waals surface area (Å²) in [5, 5.41) is 11.2. The van der Waals surface area contributed by atoms with E-state index >= 15 is 0 Å². The summed E-state index contributed by atoms with van der Waals surface area (Å²) in [6.45, 7) is 1.68. The van der Waals surface area contributed by atoms with Gasteiger partial charge in [-0.05, 0) is 42.3 Å². The molecule has 4 aromatic rings. The number of thioether (sulfide) groups is 1. The highest BCUT2D eigenvalue weighted by Gasteiger charge is 2.20. The zero-order valence-corrected chi connectivity index (χ0v) is 20.0. The van der Waals surface area contributed by atoms with Crippen molar-refractivity contribution in [3.05, 3.63) is 95.6 Å². The number of rotatable bonds is 8. The van der Waals surface area contributed by atoms with Crippen LogP contribution in [-0.2, 0) is 15.8 Å². The molecule has 0 unspecified atom stereocenters. The third kappa shape index (κ3) is 5.98. The maximum Gasteiger partial charge on any atom is 0.262 e. The Morgan fingerprint density at radius 2 is 1.67 bits per heavy atom. The number of carbonyl (C=O) groups excluding carboxylic acids is 1. The van der Waals surface area contributed by atoms with Gasteiger partial charge in [0.25, 0.3) is 15.9 Å². The van der Waals surface area contributed by atoms with Gasteiger partial charge in [0.15, 0.2) is 4.34 Å². The fourth-order valence-corrected chi connectivity index (χ4v) is 5.99. The van der Waals surface area contributed by atoms with Crippen molar-refractivity contribution in [2.24, 2.45) is 0 Å². The van der Waals surface area contributed by atoms with Crippen LogP contribution >= 0.6 is 23.1 Å². The number of anilines is 2. The Kier molecular flexibility index (Phi) is 7.07. The van der Waals surface area contributed by atoms with E-state index in [-0.39, 0.29) is 10.5 Å². The van der Waals surface area contributed by atoms with Crippen molar-refractivity contribution < 1.29 is 13.2 Å². The summed E-state index contributed by atoms with van der Waals surface area (Å²) in [6.07, 6.45) is 0. The minimum Gasteiger partial charge on any atom is -0.296 e. The van der Waals surface area contributed by atoms with Gasteiger partial charge in [0.1, 0.15) is 0 Å². The third-order valence-electron chi connectivity index (χ3n) is 4.60. The van der Waals surface area contributed by atoms with E-state index in [0.717, 1.165) is 10.1 Å². The predicted octanol–water partition coefficient (Wildman–Crippen LogP) is 5.19. The van der Waals surface area contributed by atoms with Gasteiger partial charge in [-0.15, -0.1) is 10.2 Å². The number of benzene rings is 3. The summed E-state index contributed by atoms with van der Waals surface area (Å²) in [4.78, 5) is 12.8. The van der Waals surface area contributed by atoms with Crippen LogP contribution in [0.4, 0.5) is 10.8 Å². The first-order chi connectivity index (χ1) is 15.9. The molecule has 0 aliphatic rings. The SMILES string of the molecule is Cc1ccc(C(=O)Nc2nnc(SCc3ccccc3)s2)cc1S(=O)(=O)Nc1ccccc1. The van der Waals surface area contributed by atoms with Gasteiger partial charge < -0.3 is 0 Å². The molecule has 7 nitrogen and oxygen atoms in total. The number of aromatic nitrogens is 2. The molecule has 0 spiro atoms. The molecular formula is C23H20N4O3S3. The van der Waals surface area contributed by atoms with Gasteiger partial charge in [0.05, 0.1) is 4.90 Å². The number of hydrogen-bond donors (Lipinski definition) is 2. The van der Waals surface area contributed by atoms with Gasteiger partial charge in [0, 0.05) is 17.0 Å². The maximum atomic E-state index is 12.9. The maximum absolute atomic E-state index is 12.9. The first kappa shape index (κ1) is 23.0. The molecule has 3 aromatic carbocycles. The molecule has 1 aromatic heterocycles. The molecule has 0 bridgehead atoms. The normalized spacial score (nSPS) is 11.2. The third-order valence-corrected chi connectivity index (χ3v) is 8.16. The number of hydrogen-bond acceptors (Lipinski definition) is 7. The highest BCUT2D eigenvalue weighted by molar-refractivity contribution is 8.00. The van der Waals surface area contributed by atoms with Crippen LogP contribution in [0, 0.1) is 6.92 Å². The van der Waals surface area contributed by atoms with Gasteiger partial charge in [-0.2, -0.15) is 0 Å². The highest BCUT2D eigenvalue weighted by Crippen LogP contribution is 2.29. The van der Waals surface area contributed by atoms with Gasteiger partial charge in [-0.25, -0.2) is 8.42 Å². The summed E-state index contributed by atoms with van der Waals surface area (Å²) in [5.74, 6) is 0.290. The molecule has 168 valence electrons. The summed E-state index contributed by atoms with van der Waals surface area (Å²) >= 11 is 2.80. The lowest BCUT2D eigenvalue weighted by atomic mass is 10.1. The highest BCUT2D eigenvalue weighted by atomic mass is 32.2. The van der Waals surface area contributed by atoms with Crippen LogP contribution in [0.3, 0.4) is 0 Å². The second kappa shape index (κ2) is 10.2. The number of para-hydroxylation sites is 1. The van der Waals surface area contributed by atoms with Crippen LogP contribution in [0.2, 0.25) is 0 Å². The average Bonchev–Trinajstić information content (AvgIpc) is 3.26. The Morgan fingerprint density at radius 1 is 0.970 bits per heavy atom. The van der Waals surface area contributed by atoms with Crippen molar-refractivity contribution in [1.29, 1.82) is 0 Å². The Bertz CT molecular complexity index is 1360. The van der Waals surface area contributed by atoms with Crippen LogP contribution in [0.25, 0.3) is 0 Å². The molecule has 0 radical (unpaired) electrons. The Balaban J connectivity index is 1.45. The number of sulfonamides is 1. The van der Waals surface area contributed by atoms with E-state index in [1.807, 2.05) is 30.3 Å².